The minimum atomic E-state index is -4.34. The van der Waals surface area contributed by atoms with Crippen LogP contribution in [0.25, 0.3) is 0 Å². The fraction of sp³-hybridized carbons (Fsp3) is 0.844. The molecule has 318 valence electrons. The Morgan fingerprint density at radius 1 is 0.611 bits per heavy atom. The molecule has 0 fully saturated rings. The number of phosphoric acid groups is 1. The maximum atomic E-state index is 12.8. The Morgan fingerprint density at radius 3 is 1.48 bits per heavy atom. The average Bonchev–Trinajstić information content (AvgIpc) is 3.12. The van der Waals surface area contributed by atoms with Gasteiger partial charge >= 0.3 is 7.82 Å². The third-order valence-corrected chi connectivity index (χ3v) is 10.8. The second kappa shape index (κ2) is 37.3. The molecular formula is C45H88N2O6P+. The van der Waals surface area contributed by atoms with Gasteiger partial charge in [-0.3, -0.25) is 13.8 Å². The molecule has 0 bridgehead atoms. The van der Waals surface area contributed by atoms with Gasteiger partial charge in [0.1, 0.15) is 13.2 Å². The van der Waals surface area contributed by atoms with Gasteiger partial charge in [0.25, 0.3) is 0 Å². The summed E-state index contributed by atoms with van der Waals surface area (Å²) in [7, 11) is 1.55. The number of nitrogens with one attached hydrogen (secondary N) is 1. The first-order valence-corrected chi connectivity index (χ1v) is 23.9. The largest absolute Gasteiger partial charge is 0.472 e. The Balaban J connectivity index is 4.39. The number of unbranched alkanes of at least 4 members (excludes halogenated alkanes) is 23. The smallest absolute Gasteiger partial charge is 0.387 e. The molecule has 0 radical (unpaired) electrons. The third-order valence-electron chi connectivity index (χ3n) is 9.83. The number of nitrogens with zero attached hydrogens (tertiary/aromatic N) is 1. The van der Waals surface area contributed by atoms with Crippen LogP contribution in [0.15, 0.2) is 36.5 Å². The van der Waals surface area contributed by atoms with Crippen LogP contribution in [0.2, 0.25) is 0 Å². The molecule has 3 unspecified atom stereocenters. The first-order valence-electron chi connectivity index (χ1n) is 22.4. The molecule has 3 N–H and O–H groups in total. The van der Waals surface area contributed by atoms with Crippen molar-refractivity contribution in [2.24, 2.45) is 0 Å². The topological polar surface area (TPSA) is 105 Å². The number of allylic oxidation sites excluding steroid dienone is 5. The molecule has 1 amide bonds. The number of carbonyl (C=O) groups excluding carboxylic acids is 1. The van der Waals surface area contributed by atoms with E-state index in [1.165, 1.54) is 135 Å². The minimum Gasteiger partial charge on any atom is -0.387 e. The standard InChI is InChI=1S/C45H87N2O6P/c1-6-8-10-12-14-16-18-20-21-22-23-24-25-26-27-29-31-33-35-37-39-45(49)46-43(42-53-54(50,51)52-41-40-47(3,4)5)44(48)38-36-34-32-30-28-19-17-15-13-11-9-7-2/h23-24,28,30,36,38,43-44,48H,6-22,25-27,29,31-35,37,39-42H2,1-5H3,(H-,46,49,50,51)/p+1/b24-23-,30-28+,38-36+. The molecule has 0 aromatic heterocycles. The maximum absolute atomic E-state index is 12.8. The van der Waals surface area contributed by atoms with Gasteiger partial charge in [-0.25, -0.2) is 4.57 Å². The molecule has 0 saturated heterocycles. The summed E-state index contributed by atoms with van der Waals surface area (Å²) in [6.07, 6.45) is 45.0. The molecule has 0 heterocycles. The molecule has 0 aliphatic heterocycles. The van der Waals surface area contributed by atoms with Crippen LogP contribution in [0, 0.1) is 0 Å². The van der Waals surface area contributed by atoms with Crippen LogP contribution >= 0.6 is 7.82 Å². The third kappa shape index (κ3) is 39.0. The summed E-state index contributed by atoms with van der Waals surface area (Å²) in [4.78, 5) is 23.1. The molecule has 0 aliphatic carbocycles. The molecule has 54 heavy (non-hydrogen) atoms. The lowest BCUT2D eigenvalue weighted by atomic mass is 10.1. The van der Waals surface area contributed by atoms with Crippen LogP contribution in [0.3, 0.4) is 0 Å². The van der Waals surface area contributed by atoms with E-state index in [9.17, 15) is 19.4 Å². The summed E-state index contributed by atoms with van der Waals surface area (Å²) >= 11 is 0. The number of quaternary nitrogens is 1. The Morgan fingerprint density at radius 2 is 1.02 bits per heavy atom. The fourth-order valence-electron chi connectivity index (χ4n) is 6.23. The number of aliphatic hydroxyl groups excluding tert-OH is 1. The second-order valence-corrected chi connectivity index (χ2v) is 17.9. The summed E-state index contributed by atoms with van der Waals surface area (Å²) in [5, 5.41) is 13.8. The molecule has 0 spiro atoms. The number of likely N-dealkylation sites (N-methyl/N-ethyl adjacent to an activating group) is 1. The lowest BCUT2D eigenvalue weighted by Gasteiger charge is -2.25. The Bertz CT molecular complexity index is 980. The summed E-state index contributed by atoms with van der Waals surface area (Å²) in [6, 6.07) is -0.862. The van der Waals surface area contributed by atoms with Gasteiger partial charge in [-0.15, -0.1) is 0 Å². The Kier molecular flexibility index (Phi) is 36.4. The Labute approximate surface area is 334 Å². The van der Waals surface area contributed by atoms with Gasteiger partial charge in [-0.2, -0.15) is 0 Å². The van der Waals surface area contributed by atoms with Crippen LogP contribution in [0.5, 0.6) is 0 Å². The molecule has 9 heteroatoms. The van der Waals surface area contributed by atoms with Crippen molar-refractivity contribution in [1.29, 1.82) is 0 Å². The summed E-state index contributed by atoms with van der Waals surface area (Å²) < 4.78 is 23.5. The van der Waals surface area contributed by atoms with Gasteiger partial charge in [0.15, 0.2) is 0 Å². The van der Waals surface area contributed by atoms with E-state index in [0.29, 0.717) is 17.4 Å². The normalized spacial score (nSPS) is 14.7. The lowest BCUT2D eigenvalue weighted by Crippen LogP contribution is -2.45. The average molecular weight is 784 g/mol. The van der Waals surface area contributed by atoms with E-state index in [1.54, 1.807) is 6.08 Å². The van der Waals surface area contributed by atoms with Crippen LogP contribution < -0.4 is 5.32 Å². The highest BCUT2D eigenvalue weighted by Gasteiger charge is 2.27. The fourth-order valence-corrected chi connectivity index (χ4v) is 6.96. The number of aliphatic hydroxyl groups is 1. The van der Waals surface area contributed by atoms with E-state index in [1.807, 2.05) is 27.2 Å². The first kappa shape index (κ1) is 52.7. The molecule has 0 aromatic rings. The Hall–Kier alpha value is -1.28. The number of amides is 1. The van der Waals surface area contributed by atoms with Crippen molar-refractivity contribution in [2.75, 3.05) is 40.9 Å². The number of carbonyl (C=O) groups is 1. The van der Waals surface area contributed by atoms with E-state index in [2.05, 4.69) is 43.5 Å². The molecule has 0 saturated carbocycles. The molecule has 0 rings (SSSR count). The number of hydrogen-bond acceptors (Lipinski definition) is 5. The first-order chi connectivity index (χ1) is 26.0. The highest BCUT2D eigenvalue weighted by Crippen LogP contribution is 2.43. The predicted octanol–water partition coefficient (Wildman–Crippen LogP) is 12.3. The lowest BCUT2D eigenvalue weighted by molar-refractivity contribution is -0.870. The number of hydrogen-bond donors (Lipinski definition) is 3. The van der Waals surface area contributed by atoms with Crippen molar-refractivity contribution in [3.8, 4) is 0 Å². The zero-order chi connectivity index (χ0) is 40.0. The summed E-state index contributed by atoms with van der Waals surface area (Å²) in [5.41, 5.74) is 0. The van der Waals surface area contributed by atoms with E-state index in [4.69, 9.17) is 9.05 Å². The minimum absolute atomic E-state index is 0.0552. The monoisotopic (exact) mass is 784 g/mol. The van der Waals surface area contributed by atoms with Crippen molar-refractivity contribution >= 4 is 13.7 Å². The zero-order valence-electron chi connectivity index (χ0n) is 36.0. The van der Waals surface area contributed by atoms with Crippen molar-refractivity contribution in [1.82, 2.24) is 5.32 Å². The SMILES string of the molecule is CCCCCCCC/C=C/CC/C=C/C(O)C(COP(=O)(O)OCC[N+](C)(C)C)NC(=O)CCCCCCCCC/C=C\CCCCCCCCCCC. The molecular weight excluding hydrogens is 695 g/mol. The van der Waals surface area contributed by atoms with Crippen molar-refractivity contribution in [2.45, 2.75) is 206 Å². The van der Waals surface area contributed by atoms with Crippen molar-refractivity contribution in [3.05, 3.63) is 36.5 Å². The van der Waals surface area contributed by atoms with Gasteiger partial charge in [-0.05, 0) is 57.8 Å². The molecule has 8 nitrogen and oxygen atoms in total. The number of phosphoric ester groups is 1. The summed E-state index contributed by atoms with van der Waals surface area (Å²) in [6.45, 7) is 4.77. The molecule has 0 aromatic carbocycles. The van der Waals surface area contributed by atoms with Gasteiger partial charge < -0.3 is 19.8 Å². The van der Waals surface area contributed by atoms with E-state index >= 15 is 0 Å². The van der Waals surface area contributed by atoms with Gasteiger partial charge in [0.2, 0.25) is 5.91 Å². The van der Waals surface area contributed by atoms with E-state index in [0.717, 1.165) is 38.5 Å². The van der Waals surface area contributed by atoms with Crippen LogP contribution in [-0.2, 0) is 18.4 Å². The maximum Gasteiger partial charge on any atom is 0.472 e. The highest BCUT2D eigenvalue weighted by atomic mass is 31.2. The van der Waals surface area contributed by atoms with Crippen molar-refractivity contribution < 1.29 is 32.9 Å². The summed E-state index contributed by atoms with van der Waals surface area (Å²) in [5.74, 6) is -0.193. The van der Waals surface area contributed by atoms with E-state index in [-0.39, 0.29) is 19.1 Å². The van der Waals surface area contributed by atoms with Gasteiger partial charge in [0, 0.05) is 6.42 Å². The van der Waals surface area contributed by atoms with E-state index < -0.39 is 20.0 Å². The van der Waals surface area contributed by atoms with Crippen molar-refractivity contribution in [3.63, 3.8) is 0 Å². The second-order valence-electron chi connectivity index (χ2n) is 16.4. The van der Waals surface area contributed by atoms with Crippen LogP contribution in [-0.4, -0.2) is 73.4 Å². The van der Waals surface area contributed by atoms with Gasteiger partial charge in [0.05, 0.1) is 39.9 Å². The van der Waals surface area contributed by atoms with Crippen LogP contribution in [0.1, 0.15) is 194 Å². The van der Waals surface area contributed by atoms with Crippen LogP contribution in [0.4, 0.5) is 0 Å². The molecule has 3 atom stereocenters. The quantitative estimate of drug-likeness (QED) is 0.0247. The predicted molar refractivity (Wildman–Crippen MR) is 231 cm³/mol. The number of rotatable bonds is 40. The highest BCUT2D eigenvalue weighted by molar-refractivity contribution is 7.47. The molecule has 0 aliphatic rings. The van der Waals surface area contributed by atoms with Gasteiger partial charge in [-0.1, -0.05) is 166 Å². The zero-order valence-corrected chi connectivity index (χ0v) is 36.9.